The zero-order valence-corrected chi connectivity index (χ0v) is 6.57. The zero-order valence-electron chi connectivity index (χ0n) is 6.57. The van der Waals surface area contributed by atoms with Gasteiger partial charge in [0.05, 0.1) is 17.2 Å². The summed E-state index contributed by atoms with van der Waals surface area (Å²) in [5.41, 5.74) is 2.10. The third kappa shape index (κ3) is 0.808. The van der Waals surface area contributed by atoms with Gasteiger partial charge in [-0.15, -0.1) is 0 Å². The molecule has 0 aromatic carbocycles. The van der Waals surface area contributed by atoms with Gasteiger partial charge in [0.2, 0.25) is 0 Å². The molecule has 0 aliphatic carbocycles. The van der Waals surface area contributed by atoms with E-state index in [4.69, 9.17) is 0 Å². The number of pyridine rings is 1. The van der Waals surface area contributed by atoms with Gasteiger partial charge in [0.15, 0.2) is 0 Å². The molecule has 3 heteroatoms. The van der Waals surface area contributed by atoms with Gasteiger partial charge in [-0.3, -0.25) is 4.98 Å². The minimum atomic E-state index is 1.01. The molecule has 56 valence electrons. The summed E-state index contributed by atoms with van der Waals surface area (Å²) in [6.07, 6.45) is 3.59. The van der Waals surface area contributed by atoms with Crippen LogP contribution >= 0.6 is 0 Å². The van der Waals surface area contributed by atoms with Gasteiger partial charge < -0.3 is 4.57 Å². The monoisotopic (exact) mass is 147 g/mol. The molecule has 2 heterocycles. The summed E-state index contributed by atoms with van der Waals surface area (Å²) in [7, 11) is 1.99. The molecule has 0 aliphatic rings. The minimum Gasteiger partial charge on any atom is -0.330 e. The number of nitrogens with zero attached hydrogens (tertiary/aromatic N) is 3. The summed E-state index contributed by atoms with van der Waals surface area (Å²) in [5, 5.41) is 0. The molecule has 0 aliphatic heterocycles. The van der Waals surface area contributed by atoms with Crippen molar-refractivity contribution in [3.8, 4) is 0 Å². The van der Waals surface area contributed by atoms with E-state index in [1.165, 1.54) is 0 Å². The maximum absolute atomic E-state index is 4.34. The molecule has 0 spiro atoms. The molecule has 0 fully saturated rings. The lowest BCUT2D eigenvalue weighted by Crippen LogP contribution is -1.89. The third-order valence-corrected chi connectivity index (χ3v) is 1.91. The predicted octanol–water partition coefficient (Wildman–Crippen LogP) is 1.28. The van der Waals surface area contributed by atoms with Crippen molar-refractivity contribution in [3.63, 3.8) is 0 Å². The van der Waals surface area contributed by atoms with Gasteiger partial charge in [0, 0.05) is 13.2 Å². The summed E-state index contributed by atoms with van der Waals surface area (Å²) in [5.74, 6) is 1.02. The number of fused-ring (bicyclic) bond motifs is 1. The van der Waals surface area contributed by atoms with Crippen LogP contribution < -0.4 is 0 Å². The first-order chi connectivity index (χ1) is 5.29. The Morgan fingerprint density at radius 3 is 3.00 bits per heavy atom. The fourth-order valence-electron chi connectivity index (χ4n) is 1.16. The highest BCUT2D eigenvalue weighted by Gasteiger charge is 2.00. The van der Waals surface area contributed by atoms with Crippen LogP contribution in [0.3, 0.4) is 0 Å². The van der Waals surface area contributed by atoms with Crippen molar-refractivity contribution in [2.24, 2.45) is 7.05 Å². The van der Waals surface area contributed by atoms with Crippen LogP contribution in [0.25, 0.3) is 11.0 Å². The molecule has 0 saturated heterocycles. The smallest absolute Gasteiger partial charge is 0.106 e. The number of aromatic nitrogens is 3. The second-order valence-corrected chi connectivity index (χ2v) is 2.58. The highest BCUT2D eigenvalue weighted by atomic mass is 15.1. The maximum atomic E-state index is 4.34. The molecule has 0 bridgehead atoms. The van der Waals surface area contributed by atoms with Crippen LogP contribution in [0.15, 0.2) is 18.5 Å². The van der Waals surface area contributed by atoms with Gasteiger partial charge in [-0.1, -0.05) is 0 Å². The second-order valence-electron chi connectivity index (χ2n) is 2.58. The first kappa shape index (κ1) is 6.34. The number of hydrogen-bond donors (Lipinski definition) is 0. The molecule has 0 saturated carbocycles. The number of imidazole rings is 1. The summed E-state index contributed by atoms with van der Waals surface area (Å²) in [4.78, 5) is 8.36. The third-order valence-electron chi connectivity index (χ3n) is 1.91. The van der Waals surface area contributed by atoms with Crippen molar-refractivity contribution in [1.29, 1.82) is 0 Å². The zero-order chi connectivity index (χ0) is 7.84. The fraction of sp³-hybridized carbons (Fsp3) is 0.250. The van der Waals surface area contributed by atoms with Crippen LogP contribution in [-0.4, -0.2) is 14.5 Å². The predicted molar refractivity (Wildman–Crippen MR) is 43.2 cm³/mol. The topological polar surface area (TPSA) is 30.7 Å². The van der Waals surface area contributed by atoms with Crippen molar-refractivity contribution in [3.05, 3.63) is 24.3 Å². The lowest BCUT2D eigenvalue weighted by molar-refractivity contribution is 0.884. The molecule has 0 amide bonds. The van der Waals surface area contributed by atoms with Gasteiger partial charge >= 0.3 is 0 Å². The van der Waals surface area contributed by atoms with Crippen molar-refractivity contribution in [2.75, 3.05) is 0 Å². The van der Waals surface area contributed by atoms with Gasteiger partial charge in [0.1, 0.15) is 5.82 Å². The van der Waals surface area contributed by atoms with E-state index in [1.54, 1.807) is 6.20 Å². The Hall–Kier alpha value is -1.38. The van der Waals surface area contributed by atoms with E-state index < -0.39 is 0 Å². The van der Waals surface area contributed by atoms with Gasteiger partial charge in [-0.2, -0.15) is 0 Å². The van der Waals surface area contributed by atoms with Crippen LogP contribution in [0.1, 0.15) is 5.82 Å². The highest BCUT2D eigenvalue weighted by Crippen LogP contribution is 2.11. The van der Waals surface area contributed by atoms with Crippen molar-refractivity contribution < 1.29 is 0 Å². The molecule has 0 N–H and O–H groups in total. The number of aryl methyl sites for hydroxylation is 2. The Morgan fingerprint density at radius 1 is 1.45 bits per heavy atom. The van der Waals surface area contributed by atoms with E-state index in [1.807, 2.05) is 30.8 Å². The second kappa shape index (κ2) is 2.05. The minimum absolute atomic E-state index is 1.01. The van der Waals surface area contributed by atoms with Crippen LogP contribution in [0.4, 0.5) is 0 Å². The van der Waals surface area contributed by atoms with E-state index in [2.05, 4.69) is 9.97 Å². The molecular weight excluding hydrogens is 138 g/mol. The van der Waals surface area contributed by atoms with Crippen molar-refractivity contribution >= 4 is 11.0 Å². The fourth-order valence-corrected chi connectivity index (χ4v) is 1.16. The Kier molecular flexibility index (Phi) is 1.18. The maximum Gasteiger partial charge on any atom is 0.106 e. The Labute approximate surface area is 64.7 Å². The van der Waals surface area contributed by atoms with E-state index in [9.17, 15) is 0 Å². The summed E-state index contributed by atoms with van der Waals surface area (Å²) in [6, 6.07) is 1.92. The van der Waals surface area contributed by atoms with E-state index in [-0.39, 0.29) is 0 Å². The first-order valence-corrected chi connectivity index (χ1v) is 3.52. The average molecular weight is 147 g/mol. The van der Waals surface area contributed by atoms with Crippen LogP contribution in [0.2, 0.25) is 0 Å². The molecule has 0 radical (unpaired) electrons. The van der Waals surface area contributed by atoms with Gasteiger partial charge in [-0.05, 0) is 13.0 Å². The molecule has 0 atom stereocenters. The lowest BCUT2D eigenvalue weighted by atomic mass is 10.4. The number of hydrogen-bond acceptors (Lipinski definition) is 2. The summed E-state index contributed by atoms with van der Waals surface area (Å²) >= 11 is 0. The van der Waals surface area contributed by atoms with Crippen molar-refractivity contribution in [1.82, 2.24) is 14.5 Å². The normalized spacial score (nSPS) is 10.7. The molecular formula is C8H9N3. The first-order valence-electron chi connectivity index (χ1n) is 3.52. The lowest BCUT2D eigenvalue weighted by Gasteiger charge is -1.93. The quantitative estimate of drug-likeness (QED) is 0.562. The molecule has 0 unspecified atom stereocenters. The Bertz CT molecular complexity index is 389. The molecule has 3 nitrogen and oxygen atoms in total. The van der Waals surface area contributed by atoms with Crippen molar-refractivity contribution in [2.45, 2.75) is 6.92 Å². The molecule has 2 aromatic heterocycles. The summed E-state index contributed by atoms with van der Waals surface area (Å²) < 4.78 is 2.03. The van der Waals surface area contributed by atoms with Gasteiger partial charge in [-0.25, -0.2) is 4.98 Å². The Balaban J connectivity index is 2.92. The standard InChI is InChI=1S/C8H9N3/c1-6-10-7-3-4-9-5-8(7)11(6)2/h3-5H,1-2H3. The highest BCUT2D eigenvalue weighted by molar-refractivity contribution is 5.74. The SMILES string of the molecule is Cc1nc2ccncc2n1C. The van der Waals surface area contributed by atoms with E-state index >= 15 is 0 Å². The molecule has 2 rings (SSSR count). The average Bonchev–Trinajstić information content (AvgIpc) is 2.30. The largest absolute Gasteiger partial charge is 0.330 e. The summed E-state index contributed by atoms with van der Waals surface area (Å²) in [6.45, 7) is 1.99. The van der Waals surface area contributed by atoms with E-state index in [0.29, 0.717) is 0 Å². The molecule has 11 heavy (non-hydrogen) atoms. The molecule has 2 aromatic rings. The Morgan fingerprint density at radius 2 is 2.27 bits per heavy atom. The van der Waals surface area contributed by atoms with Crippen LogP contribution in [0.5, 0.6) is 0 Å². The van der Waals surface area contributed by atoms with Crippen LogP contribution in [0, 0.1) is 6.92 Å². The van der Waals surface area contributed by atoms with Crippen LogP contribution in [-0.2, 0) is 7.05 Å². The van der Waals surface area contributed by atoms with Gasteiger partial charge in [0.25, 0.3) is 0 Å². The van der Waals surface area contributed by atoms with E-state index in [0.717, 1.165) is 16.9 Å². The number of rotatable bonds is 0.